The molecule has 0 spiro atoms. The molecule has 0 aliphatic rings. The van der Waals surface area contributed by atoms with Crippen molar-refractivity contribution in [2.45, 2.75) is 26.5 Å². The lowest BCUT2D eigenvalue weighted by Crippen LogP contribution is -2.13. The summed E-state index contributed by atoms with van der Waals surface area (Å²) in [4.78, 5) is 0. The summed E-state index contributed by atoms with van der Waals surface area (Å²) in [5.74, 6) is 1.49. The zero-order valence-corrected chi connectivity index (χ0v) is 15.0. The van der Waals surface area contributed by atoms with Gasteiger partial charge in [0.15, 0.2) is 11.5 Å². The van der Waals surface area contributed by atoms with Gasteiger partial charge in [0, 0.05) is 11.6 Å². The van der Waals surface area contributed by atoms with Crippen LogP contribution in [0.25, 0.3) is 0 Å². The van der Waals surface area contributed by atoms with Crippen LogP contribution in [0.1, 0.15) is 24.5 Å². The van der Waals surface area contributed by atoms with Gasteiger partial charge in [0.05, 0.1) is 7.11 Å². The number of ether oxygens (including phenoxy) is 2. The van der Waals surface area contributed by atoms with Crippen LogP contribution in [0.2, 0.25) is 5.02 Å². The summed E-state index contributed by atoms with van der Waals surface area (Å²) >= 11 is 5.98. The smallest absolute Gasteiger partial charge is 0.161 e. The fraction of sp³-hybridized carbons (Fsp3) is 0.333. The van der Waals surface area contributed by atoms with Crippen molar-refractivity contribution in [3.8, 4) is 11.5 Å². The number of nitrogens with one attached hydrogen (secondary N) is 1. The van der Waals surface area contributed by atoms with E-state index < -0.39 is 0 Å². The first-order valence-electron chi connectivity index (χ1n) is 7.47. The molecule has 0 unspecified atom stereocenters. The number of benzene rings is 2. The van der Waals surface area contributed by atoms with Gasteiger partial charge in [0.25, 0.3) is 0 Å². The standard InChI is InChI=1S/C18H22ClNO2.ClH/c1-3-9-20-12-14-7-8-17(18(11-14)21-2)22-13-15-5-4-6-16(19)10-15;/h4-8,10-11,20H,3,9,12-13H2,1-2H3;1H. The summed E-state index contributed by atoms with van der Waals surface area (Å²) in [7, 11) is 1.66. The van der Waals surface area contributed by atoms with Crippen molar-refractivity contribution in [2.75, 3.05) is 13.7 Å². The summed E-state index contributed by atoms with van der Waals surface area (Å²) < 4.78 is 11.3. The minimum atomic E-state index is 0. The average molecular weight is 356 g/mol. The van der Waals surface area contributed by atoms with Crippen molar-refractivity contribution in [1.29, 1.82) is 0 Å². The van der Waals surface area contributed by atoms with Gasteiger partial charge >= 0.3 is 0 Å². The van der Waals surface area contributed by atoms with Gasteiger partial charge in [-0.25, -0.2) is 0 Å². The molecule has 0 bridgehead atoms. The number of hydrogen-bond acceptors (Lipinski definition) is 3. The molecule has 0 aliphatic heterocycles. The highest BCUT2D eigenvalue weighted by Crippen LogP contribution is 2.29. The molecule has 0 saturated heterocycles. The van der Waals surface area contributed by atoms with Crippen LogP contribution in [0.5, 0.6) is 11.5 Å². The summed E-state index contributed by atoms with van der Waals surface area (Å²) in [5, 5.41) is 4.09. The molecule has 0 fully saturated rings. The lowest BCUT2D eigenvalue weighted by molar-refractivity contribution is 0.284. The second kappa shape index (κ2) is 10.4. The third kappa shape index (κ3) is 6.30. The highest BCUT2D eigenvalue weighted by atomic mass is 35.5. The Morgan fingerprint density at radius 2 is 1.87 bits per heavy atom. The lowest BCUT2D eigenvalue weighted by atomic mass is 10.2. The Hall–Kier alpha value is -1.42. The van der Waals surface area contributed by atoms with E-state index in [0.29, 0.717) is 11.6 Å². The molecule has 0 aromatic heterocycles. The minimum Gasteiger partial charge on any atom is -0.493 e. The predicted molar refractivity (Wildman–Crippen MR) is 98.0 cm³/mol. The monoisotopic (exact) mass is 355 g/mol. The van der Waals surface area contributed by atoms with E-state index in [1.807, 2.05) is 36.4 Å². The molecule has 5 heteroatoms. The highest BCUT2D eigenvalue weighted by Gasteiger charge is 2.06. The molecule has 23 heavy (non-hydrogen) atoms. The lowest BCUT2D eigenvalue weighted by Gasteiger charge is -2.13. The van der Waals surface area contributed by atoms with Crippen LogP contribution in [-0.2, 0) is 13.2 Å². The van der Waals surface area contributed by atoms with E-state index in [9.17, 15) is 0 Å². The highest BCUT2D eigenvalue weighted by molar-refractivity contribution is 6.30. The number of methoxy groups -OCH3 is 1. The average Bonchev–Trinajstić information content (AvgIpc) is 2.53. The third-order valence-corrected chi connectivity index (χ3v) is 3.50. The quantitative estimate of drug-likeness (QED) is 0.686. The van der Waals surface area contributed by atoms with Crippen molar-refractivity contribution in [3.05, 3.63) is 58.6 Å². The molecule has 2 rings (SSSR count). The molecule has 0 atom stereocenters. The van der Waals surface area contributed by atoms with Crippen LogP contribution < -0.4 is 14.8 Å². The Balaban J connectivity index is 0.00000264. The Morgan fingerprint density at radius 3 is 2.57 bits per heavy atom. The van der Waals surface area contributed by atoms with Crippen LogP contribution in [0, 0.1) is 0 Å². The zero-order valence-electron chi connectivity index (χ0n) is 13.5. The maximum atomic E-state index is 5.98. The first kappa shape index (κ1) is 19.6. The predicted octanol–water partition coefficient (Wildman–Crippen LogP) is 4.85. The Labute approximate surface area is 149 Å². The van der Waals surface area contributed by atoms with Gasteiger partial charge in [0.1, 0.15) is 6.61 Å². The van der Waals surface area contributed by atoms with Crippen molar-refractivity contribution in [3.63, 3.8) is 0 Å². The number of halogens is 2. The van der Waals surface area contributed by atoms with Crippen molar-refractivity contribution in [1.82, 2.24) is 5.32 Å². The Bertz CT molecular complexity index is 605. The van der Waals surface area contributed by atoms with Crippen molar-refractivity contribution in [2.24, 2.45) is 0 Å². The molecule has 2 aromatic carbocycles. The van der Waals surface area contributed by atoms with Gasteiger partial charge in [-0.05, 0) is 48.4 Å². The number of rotatable bonds is 8. The summed E-state index contributed by atoms with van der Waals surface area (Å²) in [6.07, 6.45) is 1.12. The van der Waals surface area contributed by atoms with Gasteiger partial charge in [-0.3, -0.25) is 0 Å². The molecule has 0 amide bonds. The van der Waals surface area contributed by atoms with Crippen LogP contribution >= 0.6 is 24.0 Å². The fourth-order valence-electron chi connectivity index (χ4n) is 2.14. The van der Waals surface area contributed by atoms with E-state index in [1.165, 1.54) is 5.56 Å². The molecule has 1 N–H and O–H groups in total. The van der Waals surface area contributed by atoms with Gasteiger partial charge in [-0.1, -0.05) is 36.7 Å². The summed E-state index contributed by atoms with van der Waals surface area (Å²) in [5.41, 5.74) is 2.21. The number of hydrogen-bond donors (Lipinski definition) is 1. The molecule has 0 aliphatic carbocycles. The van der Waals surface area contributed by atoms with E-state index in [0.717, 1.165) is 36.6 Å². The molecule has 2 aromatic rings. The first-order chi connectivity index (χ1) is 10.7. The molecule has 0 radical (unpaired) electrons. The Kier molecular flexibility index (Phi) is 8.85. The zero-order chi connectivity index (χ0) is 15.8. The maximum absolute atomic E-state index is 5.98. The molecular formula is C18H23Cl2NO2. The van der Waals surface area contributed by atoms with E-state index >= 15 is 0 Å². The van der Waals surface area contributed by atoms with Crippen LogP contribution in [0.15, 0.2) is 42.5 Å². The van der Waals surface area contributed by atoms with Gasteiger partial charge in [-0.2, -0.15) is 0 Å². The minimum absolute atomic E-state index is 0. The van der Waals surface area contributed by atoms with E-state index in [1.54, 1.807) is 7.11 Å². The second-order valence-corrected chi connectivity index (χ2v) is 5.52. The Morgan fingerprint density at radius 1 is 1.04 bits per heavy atom. The van der Waals surface area contributed by atoms with E-state index in [-0.39, 0.29) is 12.4 Å². The van der Waals surface area contributed by atoms with Gasteiger partial charge in [-0.15, -0.1) is 12.4 Å². The van der Waals surface area contributed by atoms with Gasteiger partial charge < -0.3 is 14.8 Å². The molecule has 3 nitrogen and oxygen atoms in total. The van der Waals surface area contributed by atoms with Crippen LogP contribution in [-0.4, -0.2) is 13.7 Å². The third-order valence-electron chi connectivity index (χ3n) is 3.27. The fourth-order valence-corrected chi connectivity index (χ4v) is 2.35. The van der Waals surface area contributed by atoms with E-state index in [4.69, 9.17) is 21.1 Å². The largest absolute Gasteiger partial charge is 0.493 e. The topological polar surface area (TPSA) is 30.5 Å². The van der Waals surface area contributed by atoms with Gasteiger partial charge in [0.2, 0.25) is 0 Å². The summed E-state index contributed by atoms with van der Waals surface area (Å²) in [6.45, 7) is 4.46. The van der Waals surface area contributed by atoms with E-state index in [2.05, 4.69) is 18.3 Å². The molecular weight excluding hydrogens is 333 g/mol. The normalized spacial score (nSPS) is 10.0. The second-order valence-electron chi connectivity index (χ2n) is 5.08. The molecule has 0 saturated carbocycles. The summed E-state index contributed by atoms with van der Waals surface area (Å²) in [6, 6.07) is 13.7. The maximum Gasteiger partial charge on any atom is 0.161 e. The first-order valence-corrected chi connectivity index (χ1v) is 7.85. The molecule has 0 heterocycles. The van der Waals surface area contributed by atoms with Crippen molar-refractivity contribution < 1.29 is 9.47 Å². The van der Waals surface area contributed by atoms with Crippen LogP contribution in [0.3, 0.4) is 0 Å². The van der Waals surface area contributed by atoms with Crippen molar-refractivity contribution >= 4 is 24.0 Å². The van der Waals surface area contributed by atoms with Crippen LogP contribution in [0.4, 0.5) is 0 Å². The SMILES string of the molecule is CCCNCc1ccc(OCc2cccc(Cl)c2)c(OC)c1.Cl. The molecule has 126 valence electrons.